The predicted molar refractivity (Wildman–Crippen MR) is 87.7 cm³/mol. The smallest absolute Gasteiger partial charge is 0.418 e. The molecule has 0 spiro atoms. The number of amides is 2. The van der Waals surface area contributed by atoms with Gasteiger partial charge in [0.2, 0.25) is 0 Å². The first kappa shape index (κ1) is 18.0. The molecule has 3 rings (SSSR count). The van der Waals surface area contributed by atoms with Gasteiger partial charge in [0.1, 0.15) is 6.10 Å². The summed E-state index contributed by atoms with van der Waals surface area (Å²) in [5.41, 5.74) is -1.14. The monoisotopic (exact) mass is 366 g/mol. The first-order chi connectivity index (χ1) is 12.4. The van der Waals surface area contributed by atoms with Crippen LogP contribution in [0.5, 0.6) is 6.01 Å². The van der Waals surface area contributed by atoms with Crippen LogP contribution in [0.15, 0.2) is 42.7 Å². The number of aromatic nitrogens is 2. The third-order valence-corrected chi connectivity index (χ3v) is 3.95. The van der Waals surface area contributed by atoms with Gasteiger partial charge in [-0.15, -0.1) is 0 Å². The molecule has 0 saturated carbocycles. The number of carbonyl (C=O) groups is 1. The molecule has 26 heavy (non-hydrogen) atoms. The van der Waals surface area contributed by atoms with Crippen LogP contribution in [-0.2, 0) is 6.18 Å². The number of rotatable bonds is 3. The number of para-hydroxylation sites is 1. The van der Waals surface area contributed by atoms with Gasteiger partial charge in [0, 0.05) is 18.9 Å². The molecule has 9 heteroatoms. The summed E-state index contributed by atoms with van der Waals surface area (Å²) in [4.78, 5) is 21.8. The molecule has 0 unspecified atom stereocenters. The molecule has 1 atom stereocenters. The third-order valence-electron chi connectivity index (χ3n) is 3.95. The summed E-state index contributed by atoms with van der Waals surface area (Å²) in [5, 5.41) is 2.35. The van der Waals surface area contributed by atoms with E-state index in [1.165, 1.54) is 23.1 Å². The molecule has 0 bridgehead atoms. The summed E-state index contributed by atoms with van der Waals surface area (Å²) >= 11 is 0. The fraction of sp³-hybridized carbons (Fsp3) is 0.353. The van der Waals surface area contributed by atoms with Crippen LogP contribution in [-0.4, -0.2) is 40.1 Å². The Morgan fingerprint density at radius 2 is 1.92 bits per heavy atom. The Morgan fingerprint density at radius 1 is 1.19 bits per heavy atom. The van der Waals surface area contributed by atoms with E-state index in [1.807, 2.05) is 0 Å². The van der Waals surface area contributed by atoms with Gasteiger partial charge in [0.15, 0.2) is 0 Å². The highest BCUT2D eigenvalue weighted by atomic mass is 19.4. The van der Waals surface area contributed by atoms with Crippen molar-refractivity contribution in [2.45, 2.75) is 25.1 Å². The topological polar surface area (TPSA) is 67.4 Å². The predicted octanol–water partition coefficient (Wildman–Crippen LogP) is 3.57. The number of hydrogen-bond donors (Lipinski definition) is 1. The SMILES string of the molecule is O=C(Nc1ccccc1C(F)(F)F)N1CCC[C@H](Oc2ncccn2)C1. The van der Waals surface area contributed by atoms with Crippen molar-refractivity contribution in [3.63, 3.8) is 0 Å². The molecule has 2 amide bonds. The summed E-state index contributed by atoms with van der Waals surface area (Å²) in [6.07, 6.45) is -0.377. The van der Waals surface area contributed by atoms with Crippen molar-refractivity contribution in [1.29, 1.82) is 0 Å². The highest BCUT2D eigenvalue weighted by Crippen LogP contribution is 2.34. The zero-order chi connectivity index (χ0) is 18.6. The van der Waals surface area contributed by atoms with Crippen LogP contribution >= 0.6 is 0 Å². The fourth-order valence-corrected chi connectivity index (χ4v) is 2.75. The maximum Gasteiger partial charge on any atom is 0.418 e. The van der Waals surface area contributed by atoms with Crippen LogP contribution in [0.2, 0.25) is 0 Å². The van der Waals surface area contributed by atoms with E-state index >= 15 is 0 Å². The van der Waals surface area contributed by atoms with Gasteiger partial charge in [-0.05, 0) is 31.0 Å². The second kappa shape index (κ2) is 7.59. The second-order valence-corrected chi connectivity index (χ2v) is 5.83. The molecule has 1 saturated heterocycles. The summed E-state index contributed by atoms with van der Waals surface area (Å²) in [5.74, 6) is 0. The van der Waals surface area contributed by atoms with Gasteiger partial charge in [-0.1, -0.05) is 12.1 Å². The van der Waals surface area contributed by atoms with Crippen LogP contribution in [0, 0.1) is 0 Å². The Bertz CT molecular complexity index is 755. The maximum absolute atomic E-state index is 13.0. The molecule has 1 aliphatic heterocycles. The Hall–Kier alpha value is -2.84. The van der Waals surface area contributed by atoms with E-state index in [2.05, 4.69) is 15.3 Å². The van der Waals surface area contributed by atoms with E-state index in [1.54, 1.807) is 18.5 Å². The summed E-state index contributed by atoms with van der Waals surface area (Å²) in [7, 11) is 0. The van der Waals surface area contributed by atoms with Crippen molar-refractivity contribution in [3.8, 4) is 6.01 Å². The molecule has 2 aromatic rings. The van der Waals surface area contributed by atoms with Crippen molar-refractivity contribution in [1.82, 2.24) is 14.9 Å². The summed E-state index contributed by atoms with van der Waals surface area (Å²) in [6, 6.07) is 6.17. The first-order valence-electron chi connectivity index (χ1n) is 8.09. The minimum atomic E-state index is -4.54. The number of anilines is 1. The lowest BCUT2D eigenvalue weighted by Gasteiger charge is -2.32. The minimum Gasteiger partial charge on any atom is -0.458 e. The molecule has 1 N–H and O–H groups in total. The molecule has 1 aliphatic rings. The number of nitrogens with zero attached hydrogens (tertiary/aromatic N) is 3. The molecule has 1 fully saturated rings. The summed E-state index contributed by atoms with van der Waals surface area (Å²) < 4.78 is 44.8. The van der Waals surface area contributed by atoms with Gasteiger partial charge < -0.3 is 15.0 Å². The van der Waals surface area contributed by atoms with Crippen molar-refractivity contribution in [3.05, 3.63) is 48.3 Å². The minimum absolute atomic E-state index is 0.210. The van der Waals surface area contributed by atoms with Crippen molar-refractivity contribution in [2.75, 3.05) is 18.4 Å². The van der Waals surface area contributed by atoms with E-state index < -0.39 is 17.8 Å². The standard InChI is InChI=1S/C17H17F3N4O2/c18-17(19,20)13-6-1-2-7-14(13)23-16(25)24-10-3-5-12(11-24)26-15-21-8-4-9-22-15/h1-2,4,6-9,12H,3,5,10-11H2,(H,23,25)/t12-/m0/s1. The Balaban J connectivity index is 1.65. The number of piperidine rings is 1. The van der Waals surface area contributed by atoms with Gasteiger partial charge in [-0.25, -0.2) is 14.8 Å². The number of alkyl halides is 3. The molecular formula is C17H17F3N4O2. The van der Waals surface area contributed by atoms with E-state index in [-0.39, 0.29) is 24.3 Å². The number of carbonyl (C=O) groups excluding carboxylic acids is 1. The molecule has 6 nitrogen and oxygen atoms in total. The van der Waals surface area contributed by atoms with Crippen LogP contribution in [0.1, 0.15) is 18.4 Å². The van der Waals surface area contributed by atoms with E-state index in [0.29, 0.717) is 19.4 Å². The molecule has 1 aromatic carbocycles. The molecule has 1 aromatic heterocycles. The van der Waals surface area contributed by atoms with Crippen LogP contribution < -0.4 is 10.1 Å². The van der Waals surface area contributed by atoms with Crippen LogP contribution in [0.4, 0.5) is 23.7 Å². The number of urea groups is 1. The largest absolute Gasteiger partial charge is 0.458 e. The van der Waals surface area contributed by atoms with E-state index in [4.69, 9.17) is 4.74 Å². The zero-order valence-electron chi connectivity index (χ0n) is 13.7. The van der Waals surface area contributed by atoms with Crippen molar-refractivity contribution >= 4 is 11.7 Å². The molecule has 138 valence electrons. The van der Waals surface area contributed by atoms with Gasteiger partial charge in [0.25, 0.3) is 0 Å². The van der Waals surface area contributed by atoms with E-state index in [0.717, 1.165) is 6.07 Å². The van der Waals surface area contributed by atoms with Gasteiger partial charge >= 0.3 is 18.2 Å². The molecule has 2 heterocycles. The van der Waals surface area contributed by atoms with Crippen molar-refractivity contribution in [2.24, 2.45) is 0 Å². The van der Waals surface area contributed by atoms with Crippen molar-refractivity contribution < 1.29 is 22.7 Å². The lowest BCUT2D eigenvalue weighted by molar-refractivity contribution is -0.136. The number of hydrogen-bond acceptors (Lipinski definition) is 4. The maximum atomic E-state index is 13.0. The number of nitrogens with one attached hydrogen (secondary N) is 1. The number of likely N-dealkylation sites (tertiary alicyclic amines) is 1. The second-order valence-electron chi connectivity index (χ2n) is 5.83. The molecular weight excluding hydrogens is 349 g/mol. The normalized spacial score (nSPS) is 17.7. The zero-order valence-corrected chi connectivity index (χ0v) is 13.7. The Morgan fingerprint density at radius 3 is 2.65 bits per heavy atom. The van der Waals surface area contributed by atoms with Gasteiger partial charge in [-0.2, -0.15) is 13.2 Å². The lowest BCUT2D eigenvalue weighted by Crippen LogP contribution is -2.46. The van der Waals surface area contributed by atoms with Crippen LogP contribution in [0.25, 0.3) is 0 Å². The first-order valence-corrected chi connectivity index (χ1v) is 8.09. The Labute approximate surface area is 148 Å². The highest BCUT2D eigenvalue weighted by molar-refractivity contribution is 5.90. The molecule has 0 radical (unpaired) electrons. The number of benzene rings is 1. The highest BCUT2D eigenvalue weighted by Gasteiger charge is 2.34. The molecule has 0 aliphatic carbocycles. The van der Waals surface area contributed by atoms with Gasteiger partial charge in [-0.3, -0.25) is 0 Å². The average molecular weight is 366 g/mol. The fourth-order valence-electron chi connectivity index (χ4n) is 2.75. The van der Waals surface area contributed by atoms with Gasteiger partial charge in [0.05, 0.1) is 17.8 Å². The number of halogens is 3. The third kappa shape index (κ3) is 4.41. The number of ether oxygens (including phenoxy) is 1. The van der Waals surface area contributed by atoms with E-state index in [9.17, 15) is 18.0 Å². The average Bonchev–Trinajstić information content (AvgIpc) is 2.62. The van der Waals surface area contributed by atoms with Crippen LogP contribution in [0.3, 0.4) is 0 Å². The Kier molecular flexibility index (Phi) is 5.24. The quantitative estimate of drug-likeness (QED) is 0.902. The lowest BCUT2D eigenvalue weighted by atomic mass is 10.1. The summed E-state index contributed by atoms with van der Waals surface area (Å²) in [6.45, 7) is 0.688.